The second kappa shape index (κ2) is 17.4. The highest BCUT2D eigenvalue weighted by molar-refractivity contribution is 5.73. The Balaban J connectivity index is 1.94. The van der Waals surface area contributed by atoms with Gasteiger partial charge in [0.25, 0.3) is 0 Å². The third-order valence-electron chi connectivity index (χ3n) is 7.17. The number of esters is 2. The lowest BCUT2D eigenvalue weighted by molar-refractivity contribution is -0.159. The van der Waals surface area contributed by atoms with Crippen molar-refractivity contribution in [3.8, 4) is 0 Å². The predicted octanol–water partition coefficient (Wildman–Crippen LogP) is 3.34. The fraction of sp³-hybridized carbons (Fsp3) is 0.667. The smallest absolute Gasteiger partial charge is 0.313 e. The number of ether oxygens (including phenoxy) is 2. The van der Waals surface area contributed by atoms with Crippen molar-refractivity contribution in [3.05, 3.63) is 48.0 Å². The Kier molecular flexibility index (Phi) is 14.6. The van der Waals surface area contributed by atoms with Crippen LogP contribution in [0.2, 0.25) is 0 Å². The molecule has 0 unspecified atom stereocenters. The van der Waals surface area contributed by atoms with Gasteiger partial charge in [0.05, 0.1) is 31.5 Å². The molecule has 8 heteroatoms. The number of allylic oxidation sites excluding steroid dienone is 2. The molecule has 0 spiro atoms. The number of aliphatic hydroxyl groups excluding tert-OH is 4. The van der Waals surface area contributed by atoms with Gasteiger partial charge in [-0.1, -0.05) is 42.5 Å². The minimum atomic E-state index is -1.01. The average Bonchev–Trinajstić information content (AvgIpc) is 3.17. The van der Waals surface area contributed by atoms with E-state index in [2.05, 4.69) is 0 Å². The van der Waals surface area contributed by atoms with Crippen LogP contribution in [0.5, 0.6) is 0 Å². The van der Waals surface area contributed by atoms with Gasteiger partial charge in [-0.25, -0.2) is 0 Å². The molecule has 1 aliphatic rings. The van der Waals surface area contributed by atoms with E-state index in [1.54, 1.807) is 0 Å². The predicted molar refractivity (Wildman–Crippen MR) is 144 cm³/mol. The van der Waals surface area contributed by atoms with Gasteiger partial charge in [-0.05, 0) is 70.3 Å². The summed E-state index contributed by atoms with van der Waals surface area (Å²) in [5.74, 6) is -2.21. The third kappa shape index (κ3) is 11.2. The number of aryl methyl sites for hydroxylation is 1. The number of carbonyl (C=O) groups excluding carboxylic acids is 2. The normalized spacial score (nSPS) is 22.3. The summed E-state index contributed by atoms with van der Waals surface area (Å²) in [4.78, 5) is 24.1. The van der Waals surface area contributed by atoms with E-state index in [0.29, 0.717) is 44.9 Å². The van der Waals surface area contributed by atoms with E-state index in [9.17, 15) is 30.0 Å². The SMILES string of the molecule is CC(C)OC(=O)CCCC=CC[C@@H]1[C@@H](CC[C@@H](O)CCc2ccccc2)[C@H](OC(=O)C(CO)CO)C[C@H]1O. The van der Waals surface area contributed by atoms with Crippen molar-refractivity contribution in [1.29, 1.82) is 0 Å². The maximum Gasteiger partial charge on any atom is 0.313 e. The number of benzene rings is 1. The van der Waals surface area contributed by atoms with E-state index in [0.717, 1.165) is 12.0 Å². The molecular weight excluding hydrogens is 488 g/mol. The molecule has 1 aliphatic carbocycles. The van der Waals surface area contributed by atoms with Gasteiger partial charge in [0.1, 0.15) is 12.0 Å². The summed E-state index contributed by atoms with van der Waals surface area (Å²) >= 11 is 0. The lowest BCUT2D eigenvalue weighted by Crippen LogP contribution is -2.32. The van der Waals surface area contributed by atoms with Crippen LogP contribution >= 0.6 is 0 Å². The first kappa shape index (κ1) is 32.0. The van der Waals surface area contributed by atoms with Crippen LogP contribution in [-0.2, 0) is 25.5 Å². The lowest BCUT2D eigenvalue weighted by atomic mass is 9.85. The summed E-state index contributed by atoms with van der Waals surface area (Å²) in [7, 11) is 0. The van der Waals surface area contributed by atoms with E-state index in [1.807, 2.05) is 56.3 Å². The largest absolute Gasteiger partial charge is 0.463 e. The summed E-state index contributed by atoms with van der Waals surface area (Å²) in [5.41, 5.74) is 1.16. The van der Waals surface area contributed by atoms with Crippen molar-refractivity contribution in [3.63, 3.8) is 0 Å². The zero-order chi connectivity index (χ0) is 27.9. The van der Waals surface area contributed by atoms with Crippen LogP contribution in [0, 0.1) is 17.8 Å². The maximum atomic E-state index is 12.4. The van der Waals surface area contributed by atoms with Gasteiger partial charge >= 0.3 is 11.9 Å². The fourth-order valence-electron chi connectivity index (χ4n) is 5.03. The molecule has 0 amide bonds. The van der Waals surface area contributed by atoms with Crippen LogP contribution < -0.4 is 0 Å². The quantitative estimate of drug-likeness (QED) is 0.136. The maximum absolute atomic E-state index is 12.4. The van der Waals surface area contributed by atoms with Crippen LogP contribution in [0.25, 0.3) is 0 Å². The molecular formula is C30H46O8. The average molecular weight is 535 g/mol. The van der Waals surface area contributed by atoms with Crippen LogP contribution in [0.3, 0.4) is 0 Å². The van der Waals surface area contributed by atoms with Crippen molar-refractivity contribution in [1.82, 2.24) is 0 Å². The summed E-state index contributed by atoms with van der Waals surface area (Å²) in [6, 6.07) is 9.97. The summed E-state index contributed by atoms with van der Waals surface area (Å²) in [5, 5.41) is 40.2. The second-order valence-electron chi connectivity index (χ2n) is 10.6. The van der Waals surface area contributed by atoms with Crippen molar-refractivity contribution in [2.75, 3.05) is 13.2 Å². The standard InChI is InChI=1S/C30H46O8/c1-21(2)37-29(35)13-9-4-3-8-12-25-26(17-16-24(33)15-14-22-10-6-5-7-11-22)28(18-27(25)34)38-30(36)23(19-31)20-32/h3,5-8,10-11,21,23-28,31-34H,4,9,12-20H2,1-2H3/t24-,25+,26+,27+,28+/m0/s1. The zero-order valence-corrected chi connectivity index (χ0v) is 22.8. The molecule has 4 N–H and O–H groups in total. The van der Waals surface area contributed by atoms with Crippen molar-refractivity contribution < 1.29 is 39.5 Å². The molecule has 0 radical (unpaired) electrons. The highest BCUT2D eigenvalue weighted by Crippen LogP contribution is 2.40. The van der Waals surface area contributed by atoms with E-state index >= 15 is 0 Å². The van der Waals surface area contributed by atoms with E-state index in [-0.39, 0.29) is 30.3 Å². The van der Waals surface area contributed by atoms with Crippen molar-refractivity contribution in [2.24, 2.45) is 17.8 Å². The van der Waals surface area contributed by atoms with Crippen LogP contribution in [0.1, 0.15) is 70.8 Å². The van der Waals surface area contributed by atoms with Crippen LogP contribution in [0.4, 0.5) is 0 Å². The first-order chi connectivity index (χ1) is 18.2. The zero-order valence-electron chi connectivity index (χ0n) is 22.8. The third-order valence-corrected chi connectivity index (χ3v) is 7.17. The topological polar surface area (TPSA) is 134 Å². The van der Waals surface area contributed by atoms with Gasteiger partial charge in [-0.2, -0.15) is 0 Å². The first-order valence-electron chi connectivity index (χ1n) is 13.9. The molecule has 2 rings (SSSR count). The summed E-state index contributed by atoms with van der Waals surface area (Å²) in [6.45, 7) is 2.62. The highest BCUT2D eigenvalue weighted by atomic mass is 16.5. The number of aliphatic hydroxyl groups is 4. The molecule has 38 heavy (non-hydrogen) atoms. The molecule has 0 aromatic heterocycles. The Bertz CT molecular complexity index is 836. The Morgan fingerprint density at radius 3 is 2.42 bits per heavy atom. The molecule has 0 bridgehead atoms. The molecule has 1 saturated carbocycles. The molecule has 0 heterocycles. The molecule has 214 valence electrons. The van der Waals surface area contributed by atoms with Crippen LogP contribution in [-0.4, -0.2) is 70.0 Å². The number of unbranched alkanes of at least 4 members (excludes halogenated alkanes) is 1. The number of carbonyl (C=O) groups is 2. The van der Waals surface area contributed by atoms with Gasteiger partial charge in [0, 0.05) is 18.8 Å². The Morgan fingerprint density at radius 1 is 1.05 bits per heavy atom. The molecule has 1 aromatic rings. The lowest BCUT2D eigenvalue weighted by Gasteiger charge is -2.26. The van der Waals surface area contributed by atoms with Gasteiger partial charge in [-0.3, -0.25) is 9.59 Å². The number of hydrogen-bond donors (Lipinski definition) is 4. The summed E-state index contributed by atoms with van der Waals surface area (Å²) < 4.78 is 10.8. The van der Waals surface area contributed by atoms with Gasteiger partial charge in [0.2, 0.25) is 0 Å². The molecule has 1 fully saturated rings. The Hall–Kier alpha value is -2.26. The Morgan fingerprint density at radius 2 is 1.76 bits per heavy atom. The first-order valence-corrected chi connectivity index (χ1v) is 13.9. The van der Waals surface area contributed by atoms with Gasteiger partial charge < -0.3 is 29.9 Å². The molecule has 1 aromatic carbocycles. The molecule has 0 saturated heterocycles. The minimum Gasteiger partial charge on any atom is -0.463 e. The van der Waals surface area contributed by atoms with E-state index in [4.69, 9.17) is 9.47 Å². The minimum absolute atomic E-state index is 0.122. The van der Waals surface area contributed by atoms with E-state index in [1.165, 1.54) is 0 Å². The molecule has 0 aliphatic heterocycles. The molecule has 5 atom stereocenters. The van der Waals surface area contributed by atoms with E-state index < -0.39 is 43.4 Å². The Labute approximate surface area is 226 Å². The summed E-state index contributed by atoms with van der Waals surface area (Å²) in [6.07, 6.45) is 7.20. The molecule has 8 nitrogen and oxygen atoms in total. The van der Waals surface area contributed by atoms with Crippen molar-refractivity contribution in [2.45, 2.75) is 96.1 Å². The van der Waals surface area contributed by atoms with Gasteiger partial charge in [0.15, 0.2) is 0 Å². The van der Waals surface area contributed by atoms with Crippen LogP contribution in [0.15, 0.2) is 42.5 Å². The monoisotopic (exact) mass is 534 g/mol. The second-order valence-corrected chi connectivity index (χ2v) is 10.6. The fourth-order valence-corrected chi connectivity index (χ4v) is 5.03. The number of rotatable bonds is 17. The highest BCUT2D eigenvalue weighted by Gasteiger charge is 2.44. The van der Waals surface area contributed by atoms with Crippen molar-refractivity contribution >= 4 is 11.9 Å². The van der Waals surface area contributed by atoms with Gasteiger partial charge in [-0.15, -0.1) is 0 Å². The number of hydrogen-bond acceptors (Lipinski definition) is 8.